The van der Waals surface area contributed by atoms with Crippen LogP contribution in [-0.4, -0.2) is 31.8 Å². The van der Waals surface area contributed by atoms with Crippen LogP contribution in [0.4, 0.5) is 0 Å². The largest absolute Gasteiger partial charge is 0.493 e. The molecular weight excluding hydrogens is 412 g/mol. The molecule has 1 amide bonds. The number of hydrogen-bond donors (Lipinski definition) is 1. The molecule has 7 heteroatoms. The molecule has 0 aliphatic carbocycles. The van der Waals surface area contributed by atoms with E-state index in [9.17, 15) is 13.2 Å². The fourth-order valence-electron chi connectivity index (χ4n) is 3.65. The van der Waals surface area contributed by atoms with Gasteiger partial charge in [-0.05, 0) is 23.8 Å². The Morgan fingerprint density at radius 1 is 0.935 bits per heavy atom. The van der Waals surface area contributed by atoms with Gasteiger partial charge in [0.2, 0.25) is 15.9 Å². The number of benzene rings is 3. The molecule has 0 saturated carbocycles. The Bertz CT molecular complexity index is 1130. The predicted octanol–water partition coefficient (Wildman–Crippen LogP) is 3.52. The summed E-state index contributed by atoms with van der Waals surface area (Å²) in [4.78, 5) is 13.1. The van der Waals surface area contributed by atoms with E-state index in [4.69, 9.17) is 4.74 Å². The van der Waals surface area contributed by atoms with Gasteiger partial charge in [-0.1, -0.05) is 66.7 Å². The van der Waals surface area contributed by atoms with Crippen molar-refractivity contribution in [2.24, 2.45) is 0 Å². The highest BCUT2D eigenvalue weighted by molar-refractivity contribution is 7.89. The second-order valence-electron chi connectivity index (χ2n) is 7.37. The molecule has 3 aromatic carbocycles. The lowest BCUT2D eigenvalue weighted by atomic mass is 10.0. The number of amides is 1. The number of ether oxygens (including phenoxy) is 1. The van der Waals surface area contributed by atoms with E-state index in [2.05, 4.69) is 5.32 Å². The second-order valence-corrected chi connectivity index (χ2v) is 9.30. The zero-order chi connectivity index (χ0) is 21.7. The Morgan fingerprint density at radius 2 is 1.58 bits per heavy atom. The van der Waals surface area contributed by atoms with Gasteiger partial charge < -0.3 is 10.1 Å². The van der Waals surface area contributed by atoms with Crippen molar-refractivity contribution in [2.45, 2.75) is 23.9 Å². The van der Waals surface area contributed by atoms with Crippen molar-refractivity contribution in [3.05, 3.63) is 96.1 Å². The van der Waals surface area contributed by atoms with Crippen LogP contribution in [0, 0.1) is 0 Å². The fourth-order valence-corrected chi connectivity index (χ4v) is 5.05. The first-order valence-corrected chi connectivity index (χ1v) is 11.6. The van der Waals surface area contributed by atoms with Gasteiger partial charge in [-0.2, -0.15) is 4.31 Å². The van der Waals surface area contributed by atoms with Crippen molar-refractivity contribution in [3.8, 4) is 5.75 Å². The van der Waals surface area contributed by atoms with Gasteiger partial charge in [0.25, 0.3) is 0 Å². The molecule has 0 aromatic heterocycles. The molecule has 4 rings (SSSR count). The molecule has 1 aliphatic heterocycles. The minimum absolute atomic E-state index is 0.107. The summed E-state index contributed by atoms with van der Waals surface area (Å²) in [6.45, 7) is 0.333. The second kappa shape index (κ2) is 9.32. The van der Waals surface area contributed by atoms with E-state index in [0.717, 1.165) is 16.9 Å². The van der Waals surface area contributed by atoms with E-state index in [1.165, 1.54) is 4.31 Å². The molecule has 0 unspecified atom stereocenters. The number of rotatable bonds is 7. The molecule has 1 N–H and O–H groups in total. The zero-order valence-corrected chi connectivity index (χ0v) is 17.8. The van der Waals surface area contributed by atoms with Crippen LogP contribution in [0.25, 0.3) is 0 Å². The Morgan fingerprint density at radius 3 is 2.32 bits per heavy atom. The third-order valence-electron chi connectivity index (χ3n) is 5.20. The number of carbonyl (C=O) groups excluding carboxylic acids is 1. The van der Waals surface area contributed by atoms with Gasteiger partial charge in [0.1, 0.15) is 5.75 Å². The molecule has 31 heavy (non-hydrogen) atoms. The average molecular weight is 437 g/mol. The summed E-state index contributed by atoms with van der Waals surface area (Å²) >= 11 is 0. The van der Waals surface area contributed by atoms with Gasteiger partial charge in [0.15, 0.2) is 0 Å². The van der Waals surface area contributed by atoms with Crippen molar-refractivity contribution in [2.75, 3.05) is 13.2 Å². The van der Waals surface area contributed by atoms with Crippen LogP contribution in [0.3, 0.4) is 0 Å². The highest BCUT2D eigenvalue weighted by atomic mass is 32.2. The highest BCUT2D eigenvalue weighted by Gasteiger charge is 2.29. The van der Waals surface area contributed by atoms with Gasteiger partial charge >= 0.3 is 0 Å². The molecule has 1 aliphatic rings. The maximum Gasteiger partial charge on any atom is 0.243 e. The lowest BCUT2D eigenvalue weighted by Crippen LogP contribution is -2.42. The lowest BCUT2D eigenvalue weighted by molar-refractivity contribution is -0.122. The Labute approximate surface area is 182 Å². The molecular formula is C24H24N2O4S. The third kappa shape index (κ3) is 4.95. The topological polar surface area (TPSA) is 75.7 Å². The van der Waals surface area contributed by atoms with E-state index in [1.807, 2.05) is 54.6 Å². The SMILES string of the molecule is O=C(CN(Cc1ccccc1)S(=O)(=O)c1ccccc1)N[C@@H]1CCOc2ccccc21. The van der Waals surface area contributed by atoms with Crippen LogP contribution >= 0.6 is 0 Å². The lowest BCUT2D eigenvalue weighted by Gasteiger charge is -2.28. The molecule has 1 atom stereocenters. The first-order valence-electron chi connectivity index (χ1n) is 10.1. The number of carbonyl (C=O) groups is 1. The van der Waals surface area contributed by atoms with Gasteiger partial charge in [-0.15, -0.1) is 0 Å². The number of fused-ring (bicyclic) bond motifs is 1. The summed E-state index contributed by atoms with van der Waals surface area (Å²) in [5.41, 5.74) is 1.72. The summed E-state index contributed by atoms with van der Waals surface area (Å²) in [5.74, 6) is 0.397. The standard InChI is InChI=1S/C24H24N2O4S/c27-24(25-22-15-16-30-23-14-8-7-13-21(22)23)18-26(17-19-9-3-1-4-10-19)31(28,29)20-11-5-2-6-12-20/h1-14,22H,15-18H2,(H,25,27)/t22-/m1/s1. The van der Waals surface area contributed by atoms with Crippen LogP contribution in [0.2, 0.25) is 0 Å². The van der Waals surface area contributed by atoms with E-state index >= 15 is 0 Å². The maximum absolute atomic E-state index is 13.3. The molecule has 0 fully saturated rings. The zero-order valence-electron chi connectivity index (χ0n) is 17.0. The van der Waals surface area contributed by atoms with Crippen LogP contribution in [0.5, 0.6) is 5.75 Å². The molecule has 160 valence electrons. The molecule has 3 aromatic rings. The summed E-state index contributed by atoms with van der Waals surface area (Å²) in [7, 11) is -3.85. The van der Waals surface area contributed by atoms with Crippen molar-refractivity contribution >= 4 is 15.9 Å². The molecule has 1 heterocycles. The Kier molecular flexibility index (Phi) is 6.34. The fraction of sp³-hybridized carbons (Fsp3) is 0.208. The highest BCUT2D eigenvalue weighted by Crippen LogP contribution is 2.31. The first kappa shape index (κ1) is 21.1. The summed E-state index contributed by atoms with van der Waals surface area (Å²) in [6.07, 6.45) is 0.632. The molecule has 0 radical (unpaired) electrons. The minimum Gasteiger partial charge on any atom is -0.493 e. The summed E-state index contributed by atoms with van der Waals surface area (Å²) < 4.78 is 33.4. The number of nitrogens with zero attached hydrogens (tertiary/aromatic N) is 1. The quantitative estimate of drug-likeness (QED) is 0.615. The van der Waals surface area contributed by atoms with E-state index in [-0.39, 0.29) is 29.9 Å². The van der Waals surface area contributed by atoms with E-state index < -0.39 is 10.0 Å². The van der Waals surface area contributed by atoms with Crippen LogP contribution in [0.15, 0.2) is 89.8 Å². The molecule has 6 nitrogen and oxygen atoms in total. The molecule has 0 spiro atoms. The van der Waals surface area contributed by atoms with Gasteiger partial charge in [0, 0.05) is 18.5 Å². The van der Waals surface area contributed by atoms with Crippen molar-refractivity contribution < 1.29 is 17.9 Å². The van der Waals surface area contributed by atoms with Gasteiger partial charge in [0.05, 0.1) is 24.1 Å². The third-order valence-corrected chi connectivity index (χ3v) is 7.00. The van der Waals surface area contributed by atoms with Crippen molar-refractivity contribution in [1.82, 2.24) is 9.62 Å². The summed E-state index contributed by atoms with van der Waals surface area (Å²) in [5, 5.41) is 2.99. The Balaban J connectivity index is 1.55. The van der Waals surface area contributed by atoms with Crippen molar-refractivity contribution in [3.63, 3.8) is 0 Å². The summed E-state index contributed by atoms with van der Waals surface area (Å²) in [6, 6.07) is 24.8. The van der Waals surface area contributed by atoms with Gasteiger partial charge in [-0.25, -0.2) is 8.42 Å². The number of nitrogens with one attached hydrogen (secondary N) is 1. The maximum atomic E-state index is 13.3. The van der Waals surface area contributed by atoms with Crippen LogP contribution < -0.4 is 10.1 Å². The molecule has 0 bridgehead atoms. The van der Waals surface area contributed by atoms with Crippen molar-refractivity contribution in [1.29, 1.82) is 0 Å². The first-order chi connectivity index (χ1) is 15.0. The number of hydrogen-bond acceptors (Lipinski definition) is 4. The number of para-hydroxylation sites is 1. The van der Waals surface area contributed by atoms with Crippen LogP contribution in [0.1, 0.15) is 23.6 Å². The number of sulfonamides is 1. The van der Waals surface area contributed by atoms with E-state index in [0.29, 0.717) is 13.0 Å². The minimum atomic E-state index is -3.85. The average Bonchev–Trinajstić information content (AvgIpc) is 2.80. The van der Waals surface area contributed by atoms with Gasteiger partial charge in [-0.3, -0.25) is 4.79 Å². The van der Waals surface area contributed by atoms with E-state index in [1.54, 1.807) is 30.3 Å². The predicted molar refractivity (Wildman–Crippen MR) is 118 cm³/mol. The molecule has 0 saturated heterocycles. The Hall–Kier alpha value is -3.16. The normalized spacial score (nSPS) is 15.7. The monoisotopic (exact) mass is 436 g/mol. The van der Waals surface area contributed by atoms with Crippen LogP contribution in [-0.2, 0) is 21.4 Å². The smallest absolute Gasteiger partial charge is 0.243 e.